The molecule has 0 radical (unpaired) electrons. The van der Waals surface area contributed by atoms with Gasteiger partial charge in [0.25, 0.3) is 5.91 Å². The summed E-state index contributed by atoms with van der Waals surface area (Å²) < 4.78 is 11.8. The predicted octanol–water partition coefficient (Wildman–Crippen LogP) is 3.29. The van der Waals surface area contributed by atoms with Gasteiger partial charge < -0.3 is 25.0 Å². The molecule has 0 spiro atoms. The van der Waals surface area contributed by atoms with E-state index in [9.17, 15) is 4.79 Å². The number of morpholine rings is 1. The number of ether oxygens (including phenoxy) is 2. The van der Waals surface area contributed by atoms with Crippen LogP contribution in [0, 0.1) is 6.92 Å². The Morgan fingerprint density at radius 2 is 1.98 bits per heavy atom. The summed E-state index contributed by atoms with van der Waals surface area (Å²) in [5.41, 5.74) is 6.54. The summed E-state index contributed by atoms with van der Waals surface area (Å²) in [4.78, 5) is 25.5. The Hall–Kier alpha value is -3.79. The summed E-state index contributed by atoms with van der Waals surface area (Å²) in [6, 6.07) is 16.9. The van der Waals surface area contributed by atoms with E-state index in [2.05, 4.69) is 44.8 Å². The largest absolute Gasteiger partial charge is 0.494 e. The molecule has 42 heavy (non-hydrogen) atoms. The van der Waals surface area contributed by atoms with Gasteiger partial charge in [-0.15, -0.1) is 0 Å². The van der Waals surface area contributed by atoms with Gasteiger partial charge in [0.1, 0.15) is 5.75 Å². The fourth-order valence-electron chi connectivity index (χ4n) is 6.12. The van der Waals surface area contributed by atoms with Crippen molar-refractivity contribution in [3.05, 3.63) is 83.8 Å². The van der Waals surface area contributed by atoms with Gasteiger partial charge in [0.15, 0.2) is 0 Å². The molecule has 0 bridgehead atoms. The number of nitrogens with one attached hydrogen (secondary N) is 2. The van der Waals surface area contributed by atoms with Crippen LogP contribution in [-0.4, -0.2) is 70.7 Å². The molecular formula is C33H37N5O3Si. The Labute approximate surface area is 249 Å². The Morgan fingerprint density at radius 1 is 1.14 bits per heavy atom. The van der Waals surface area contributed by atoms with Crippen LogP contribution >= 0.6 is 0 Å². The SMILES string of the molecule is Cc1ccc(O[C@@H]([SiH3])[C@@H]2CCN2)cc1C(=O)NC1(c2cc(-c3cncc(N4CCOCC4)c3)cc3ncccc23)CC1. The highest BCUT2D eigenvalue weighted by Gasteiger charge is 2.47. The van der Waals surface area contributed by atoms with Gasteiger partial charge in [-0.2, -0.15) is 0 Å². The number of fused-ring (bicyclic) bond motifs is 1. The van der Waals surface area contributed by atoms with Gasteiger partial charge in [0, 0.05) is 48.0 Å². The van der Waals surface area contributed by atoms with Gasteiger partial charge >= 0.3 is 0 Å². The number of anilines is 1. The zero-order valence-corrected chi connectivity index (χ0v) is 26.2. The highest BCUT2D eigenvalue weighted by Crippen LogP contribution is 2.49. The maximum Gasteiger partial charge on any atom is 0.252 e. The van der Waals surface area contributed by atoms with E-state index >= 15 is 0 Å². The third-order valence-corrected chi connectivity index (χ3v) is 10.0. The highest BCUT2D eigenvalue weighted by atomic mass is 28.1. The average Bonchev–Trinajstić information content (AvgIpc) is 3.77. The molecule has 3 fully saturated rings. The lowest BCUT2D eigenvalue weighted by Gasteiger charge is -2.33. The lowest BCUT2D eigenvalue weighted by atomic mass is 9.93. The van der Waals surface area contributed by atoms with Crippen molar-refractivity contribution in [1.29, 1.82) is 0 Å². The van der Waals surface area contributed by atoms with Crippen molar-refractivity contribution >= 4 is 32.7 Å². The molecule has 2 aliphatic heterocycles. The molecule has 4 aromatic rings. The maximum atomic E-state index is 13.8. The molecule has 3 aliphatic rings. The van der Waals surface area contributed by atoms with Crippen LogP contribution < -0.4 is 20.3 Å². The number of aryl methyl sites for hydroxylation is 1. The molecule has 1 saturated carbocycles. The van der Waals surface area contributed by atoms with Gasteiger partial charge in [-0.05, 0) is 85.8 Å². The molecule has 2 saturated heterocycles. The minimum atomic E-state index is -0.441. The van der Waals surface area contributed by atoms with E-state index in [-0.39, 0.29) is 11.6 Å². The summed E-state index contributed by atoms with van der Waals surface area (Å²) in [5, 5.41) is 7.94. The number of rotatable bonds is 8. The van der Waals surface area contributed by atoms with Crippen LogP contribution in [0.2, 0.25) is 0 Å². The summed E-state index contributed by atoms with van der Waals surface area (Å²) in [5.74, 6) is 0.689. The molecule has 2 aromatic carbocycles. The van der Waals surface area contributed by atoms with Gasteiger partial charge in [0.2, 0.25) is 0 Å². The molecule has 0 unspecified atom stereocenters. The fourth-order valence-corrected chi connectivity index (χ4v) is 6.97. The number of hydrogen-bond acceptors (Lipinski definition) is 7. The quantitative estimate of drug-likeness (QED) is 0.310. The number of carbonyl (C=O) groups excluding carboxylic acids is 1. The van der Waals surface area contributed by atoms with Crippen LogP contribution in [0.3, 0.4) is 0 Å². The number of benzene rings is 2. The van der Waals surface area contributed by atoms with Crippen LogP contribution in [0.25, 0.3) is 22.0 Å². The number of hydrogen-bond donors (Lipinski definition) is 2. The van der Waals surface area contributed by atoms with Gasteiger partial charge in [-0.3, -0.25) is 14.8 Å². The van der Waals surface area contributed by atoms with Crippen LogP contribution in [-0.2, 0) is 10.3 Å². The summed E-state index contributed by atoms with van der Waals surface area (Å²) >= 11 is 0. The third-order valence-electron chi connectivity index (χ3n) is 8.98. The summed E-state index contributed by atoms with van der Waals surface area (Å²) in [6.45, 7) is 6.20. The number of amides is 1. The number of pyridine rings is 2. The van der Waals surface area contributed by atoms with Crippen molar-refractivity contribution in [2.24, 2.45) is 0 Å². The molecule has 9 heteroatoms. The maximum absolute atomic E-state index is 13.8. The Kier molecular flexibility index (Phi) is 7.17. The molecule has 1 amide bonds. The van der Waals surface area contributed by atoms with E-state index in [1.165, 1.54) is 0 Å². The van der Waals surface area contributed by atoms with Crippen molar-refractivity contribution < 1.29 is 14.3 Å². The monoisotopic (exact) mass is 579 g/mol. The van der Waals surface area contributed by atoms with E-state index in [0.29, 0.717) is 11.6 Å². The predicted molar refractivity (Wildman–Crippen MR) is 168 cm³/mol. The summed E-state index contributed by atoms with van der Waals surface area (Å²) in [6.07, 6.45) is 8.56. The van der Waals surface area contributed by atoms with Crippen LogP contribution in [0.5, 0.6) is 5.75 Å². The van der Waals surface area contributed by atoms with Crippen LogP contribution in [0.15, 0.2) is 67.1 Å². The number of nitrogens with zero attached hydrogens (tertiary/aromatic N) is 3. The average molecular weight is 580 g/mol. The lowest BCUT2D eigenvalue weighted by Crippen LogP contribution is -2.53. The van der Waals surface area contributed by atoms with Crippen LogP contribution in [0.1, 0.15) is 40.7 Å². The second kappa shape index (κ2) is 11.1. The van der Waals surface area contributed by atoms with Crippen molar-refractivity contribution in [3.8, 4) is 16.9 Å². The zero-order valence-electron chi connectivity index (χ0n) is 24.2. The first kappa shape index (κ1) is 27.1. The minimum Gasteiger partial charge on any atom is -0.494 e. The molecule has 2 N–H and O–H groups in total. The molecule has 8 nitrogen and oxygen atoms in total. The van der Waals surface area contributed by atoms with Gasteiger partial charge in [0.05, 0.1) is 52.1 Å². The first-order valence-electron chi connectivity index (χ1n) is 15.0. The van der Waals surface area contributed by atoms with Crippen LogP contribution in [0.4, 0.5) is 5.69 Å². The van der Waals surface area contributed by atoms with Crippen molar-refractivity contribution in [2.45, 2.75) is 43.5 Å². The van der Waals surface area contributed by atoms with E-state index in [1.807, 2.05) is 49.8 Å². The Balaban J connectivity index is 1.19. The van der Waals surface area contributed by atoms with E-state index in [0.717, 1.165) is 107 Å². The standard InChI is InChI=1S/C33H37N5O3Si/c1-21-4-5-25(41-32(42)29-6-10-36-29)18-27(21)31(39)37-33(7-8-33)28-16-22(17-30-26(28)3-2-9-35-30)23-15-24(20-34-19-23)38-11-13-40-14-12-38/h2-5,9,15-20,29,32,36H,6-8,10-14H2,1,42H3,(H,37,39)/t29-,32-/m0/s1. The molecule has 1 aliphatic carbocycles. The Morgan fingerprint density at radius 3 is 2.74 bits per heavy atom. The molecule has 2 atom stereocenters. The number of carbonyl (C=O) groups is 1. The Bertz CT molecular complexity index is 1630. The first-order chi connectivity index (χ1) is 20.5. The summed E-state index contributed by atoms with van der Waals surface area (Å²) in [7, 11) is 0.925. The zero-order chi connectivity index (χ0) is 28.7. The first-order valence-corrected chi connectivity index (χ1v) is 16.2. The normalized spacial score (nSPS) is 20.1. The number of aromatic nitrogens is 2. The molecule has 4 heterocycles. The fraction of sp³-hybridized carbons (Fsp3) is 0.364. The molecular weight excluding hydrogens is 542 g/mol. The second-order valence-electron chi connectivity index (χ2n) is 11.8. The van der Waals surface area contributed by atoms with Gasteiger partial charge in [-0.25, -0.2) is 0 Å². The highest BCUT2D eigenvalue weighted by molar-refractivity contribution is 6.11. The van der Waals surface area contributed by atoms with Gasteiger partial charge in [-0.1, -0.05) is 12.1 Å². The minimum absolute atomic E-state index is 0.0689. The second-order valence-corrected chi connectivity index (χ2v) is 12.9. The molecule has 7 rings (SSSR count). The van der Waals surface area contributed by atoms with Crippen molar-refractivity contribution in [2.75, 3.05) is 37.7 Å². The van der Waals surface area contributed by atoms with E-state index in [4.69, 9.17) is 14.5 Å². The van der Waals surface area contributed by atoms with Crippen molar-refractivity contribution in [3.63, 3.8) is 0 Å². The van der Waals surface area contributed by atoms with E-state index in [1.54, 1.807) is 0 Å². The molecule has 216 valence electrons. The lowest BCUT2D eigenvalue weighted by molar-refractivity contribution is 0.0929. The van der Waals surface area contributed by atoms with E-state index < -0.39 is 5.54 Å². The molecule has 2 aromatic heterocycles. The third kappa shape index (κ3) is 5.28. The smallest absolute Gasteiger partial charge is 0.252 e. The van der Waals surface area contributed by atoms with Crippen molar-refractivity contribution in [1.82, 2.24) is 20.6 Å². The topological polar surface area (TPSA) is 88.6 Å².